The lowest BCUT2D eigenvalue weighted by atomic mass is 9.92. The average Bonchev–Trinajstić information content (AvgIpc) is 3.81. The Bertz CT molecular complexity index is 1160. The molecule has 182 valence electrons. The Morgan fingerprint density at radius 3 is 2.26 bits per heavy atom. The number of nitrogens with zero attached hydrogens (tertiary/aromatic N) is 3. The molecule has 0 aromatic heterocycles. The molecule has 2 aliphatic carbocycles. The van der Waals surface area contributed by atoms with Gasteiger partial charge in [-0.05, 0) is 67.2 Å². The minimum Gasteiger partial charge on any atom is -0.497 e. The monoisotopic (exact) mass is 471 g/mol. The van der Waals surface area contributed by atoms with E-state index in [0.717, 1.165) is 73.5 Å². The largest absolute Gasteiger partial charge is 0.497 e. The van der Waals surface area contributed by atoms with Crippen molar-refractivity contribution >= 4 is 17.6 Å². The predicted octanol–water partition coefficient (Wildman–Crippen LogP) is 4.38. The average molecular weight is 472 g/mol. The van der Waals surface area contributed by atoms with Crippen molar-refractivity contribution < 1.29 is 14.3 Å². The molecule has 2 aromatic rings. The van der Waals surface area contributed by atoms with E-state index < -0.39 is 5.54 Å². The van der Waals surface area contributed by atoms with Gasteiger partial charge in [0.25, 0.3) is 5.91 Å². The van der Waals surface area contributed by atoms with Crippen LogP contribution in [0.3, 0.4) is 0 Å². The summed E-state index contributed by atoms with van der Waals surface area (Å²) in [7, 11) is 1.67. The zero-order valence-corrected chi connectivity index (χ0v) is 20.6. The van der Waals surface area contributed by atoms with E-state index in [4.69, 9.17) is 9.73 Å². The minimum atomic E-state index is -0.520. The maximum atomic E-state index is 13.4. The molecular formula is C29H33N3O3. The fourth-order valence-corrected chi connectivity index (χ4v) is 5.56. The summed E-state index contributed by atoms with van der Waals surface area (Å²) in [5.74, 6) is 3.17. The van der Waals surface area contributed by atoms with Crippen molar-refractivity contribution in [2.45, 2.75) is 44.6 Å². The third kappa shape index (κ3) is 4.13. The van der Waals surface area contributed by atoms with Crippen molar-refractivity contribution in [2.75, 3.05) is 26.7 Å². The molecule has 6 rings (SSSR count). The van der Waals surface area contributed by atoms with Crippen LogP contribution < -0.4 is 4.74 Å². The molecule has 2 heterocycles. The maximum absolute atomic E-state index is 13.4. The normalized spacial score (nSPS) is 23.5. The fraction of sp³-hybridized carbons (Fsp3) is 0.483. The van der Waals surface area contributed by atoms with E-state index in [9.17, 15) is 9.59 Å². The van der Waals surface area contributed by atoms with Gasteiger partial charge < -0.3 is 9.64 Å². The Morgan fingerprint density at radius 1 is 1.03 bits per heavy atom. The summed E-state index contributed by atoms with van der Waals surface area (Å²) in [5.41, 5.74) is 2.71. The molecule has 2 aliphatic heterocycles. The number of carbonyl (C=O) groups is 2. The summed E-state index contributed by atoms with van der Waals surface area (Å²) < 4.78 is 5.27. The number of ether oxygens (including phenoxy) is 1. The first-order chi connectivity index (χ1) is 17.0. The Morgan fingerprint density at radius 2 is 1.66 bits per heavy atom. The standard InChI is InChI=1S/C29H33N3O3/c1-19(24-13-16-31(18-24)27(33)23-7-8-23)17-32-26(30-29(14-15-29)28(32)34)22-5-3-20(4-6-22)21-9-11-25(35-2)12-10-21/h3-6,9-12,19,23-24H,7-8,13-18H2,1-2H3. The van der Waals surface area contributed by atoms with Crippen LogP contribution >= 0.6 is 0 Å². The lowest BCUT2D eigenvalue weighted by molar-refractivity contribution is -0.132. The van der Waals surface area contributed by atoms with Gasteiger partial charge in [0.1, 0.15) is 17.1 Å². The van der Waals surface area contributed by atoms with E-state index in [1.807, 2.05) is 17.0 Å². The van der Waals surface area contributed by atoms with Gasteiger partial charge in [-0.25, -0.2) is 0 Å². The van der Waals surface area contributed by atoms with Crippen LogP contribution in [0, 0.1) is 17.8 Å². The molecule has 0 N–H and O–H groups in total. The van der Waals surface area contributed by atoms with Crippen molar-refractivity contribution in [3.05, 3.63) is 54.1 Å². The molecule has 6 nitrogen and oxygen atoms in total. The Hall–Kier alpha value is -3.15. The Kier molecular flexibility index (Phi) is 5.42. The topological polar surface area (TPSA) is 62.2 Å². The number of hydrogen-bond acceptors (Lipinski definition) is 4. The van der Waals surface area contributed by atoms with Gasteiger partial charge in [-0.3, -0.25) is 19.5 Å². The van der Waals surface area contributed by atoms with Crippen LogP contribution in [0.5, 0.6) is 5.75 Å². The second-order valence-corrected chi connectivity index (χ2v) is 10.8. The molecule has 6 heteroatoms. The molecule has 2 aromatic carbocycles. The summed E-state index contributed by atoms with van der Waals surface area (Å²) in [6, 6.07) is 16.4. The number of carbonyl (C=O) groups excluding carboxylic acids is 2. The van der Waals surface area contributed by atoms with Gasteiger partial charge in [-0.15, -0.1) is 0 Å². The molecule has 2 saturated carbocycles. The first-order valence-corrected chi connectivity index (χ1v) is 12.9. The zero-order valence-electron chi connectivity index (χ0n) is 20.6. The van der Waals surface area contributed by atoms with Gasteiger partial charge in [-0.2, -0.15) is 0 Å². The Labute approximate surface area is 207 Å². The fourth-order valence-electron chi connectivity index (χ4n) is 5.56. The number of amidine groups is 1. The number of likely N-dealkylation sites (tertiary alicyclic amines) is 1. The van der Waals surface area contributed by atoms with Gasteiger partial charge in [0, 0.05) is 31.1 Å². The molecule has 0 radical (unpaired) electrons. The van der Waals surface area contributed by atoms with Gasteiger partial charge in [-0.1, -0.05) is 43.3 Å². The lowest BCUT2D eigenvalue weighted by Gasteiger charge is -2.27. The Balaban J connectivity index is 1.18. The summed E-state index contributed by atoms with van der Waals surface area (Å²) >= 11 is 0. The smallest absolute Gasteiger partial charge is 0.256 e. The molecule has 4 aliphatic rings. The molecule has 3 fully saturated rings. The lowest BCUT2D eigenvalue weighted by Crippen LogP contribution is -2.41. The third-order valence-electron chi connectivity index (χ3n) is 8.25. The van der Waals surface area contributed by atoms with Crippen LogP contribution in [0.15, 0.2) is 53.5 Å². The third-order valence-corrected chi connectivity index (χ3v) is 8.25. The van der Waals surface area contributed by atoms with Crippen LogP contribution in [-0.2, 0) is 9.59 Å². The van der Waals surface area contributed by atoms with Gasteiger partial charge in [0.15, 0.2) is 0 Å². The van der Waals surface area contributed by atoms with E-state index in [0.29, 0.717) is 24.3 Å². The van der Waals surface area contributed by atoms with Crippen LogP contribution in [0.1, 0.15) is 44.6 Å². The first kappa shape index (κ1) is 22.3. The number of methoxy groups -OCH3 is 1. The van der Waals surface area contributed by atoms with Crippen molar-refractivity contribution in [3.8, 4) is 16.9 Å². The van der Waals surface area contributed by atoms with Crippen LogP contribution in [-0.4, -0.2) is 59.7 Å². The highest BCUT2D eigenvalue weighted by Gasteiger charge is 2.57. The molecule has 2 unspecified atom stereocenters. The summed E-state index contributed by atoms with van der Waals surface area (Å²) in [4.78, 5) is 34.8. The molecular weight excluding hydrogens is 438 g/mol. The summed E-state index contributed by atoms with van der Waals surface area (Å²) in [6.45, 7) is 4.57. The van der Waals surface area contributed by atoms with Crippen LogP contribution in [0.25, 0.3) is 11.1 Å². The molecule has 35 heavy (non-hydrogen) atoms. The maximum Gasteiger partial charge on any atom is 0.256 e. The number of hydrogen-bond donors (Lipinski definition) is 0. The highest BCUT2D eigenvalue weighted by molar-refractivity contribution is 6.16. The number of benzene rings is 2. The molecule has 2 atom stereocenters. The second kappa shape index (κ2) is 8.51. The quantitative estimate of drug-likeness (QED) is 0.602. The first-order valence-electron chi connectivity index (χ1n) is 12.9. The van der Waals surface area contributed by atoms with E-state index in [2.05, 4.69) is 48.2 Å². The van der Waals surface area contributed by atoms with E-state index in [1.54, 1.807) is 7.11 Å². The predicted molar refractivity (Wildman–Crippen MR) is 135 cm³/mol. The van der Waals surface area contributed by atoms with Crippen molar-refractivity contribution in [3.63, 3.8) is 0 Å². The van der Waals surface area contributed by atoms with E-state index >= 15 is 0 Å². The molecule has 2 amide bonds. The van der Waals surface area contributed by atoms with Gasteiger partial charge in [0.05, 0.1) is 7.11 Å². The summed E-state index contributed by atoms with van der Waals surface area (Å²) in [6.07, 6.45) is 4.82. The van der Waals surface area contributed by atoms with E-state index in [-0.39, 0.29) is 11.8 Å². The zero-order chi connectivity index (χ0) is 24.2. The van der Waals surface area contributed by atoms with Gasteiger partial charge >= 0.3 is 0 Å². The molecule has 1 spiro atoms. The van der Waals surface area contributed by atoms with Crippen molar-refractivity contribution in [2.24, 2.45) is 22.7 Å². The van der Waals surface area contributed by atoms with E-state index in [1.165, 1.54) is 0 Å². The SMILES string of the molecule is COc1ccc(-c2ccc(C3=NC4(CC4)C(=O)N3CC(C)C3CCN(C(=O)C4CC4)C3)cc2)cc1. The van der Waals surface area contributed by atoms with Gasteiger partial charge in [0.2, 0.25) is 5.91 Å². The number of aliphatic imine (C=N–C) groups is 1. The minimum absolute atomic E-state index is 0.155. The number of rotatable bonds is 7. The molecule has 0 bridgehead atoms. The van der Waals surface area contributed by atoms with Crippen molar-refractivity contribution in [1.82, 2.24) is 9.80 Å². The number of amides is 2. The van der Waals surface area contributed by atoms with Crippen LogP contribution in [0.2, 0.25) is 0 Å². The second-order valence-electron chi connectivity index (χ2n) is 10.8. The van der Waals surface area contributed by atoms with Crippen molar-refractivity contribution in [1.29, 1.82) is 0 Å². The van der Waals surface area contributed by atoms with Crippen LogP contribution in [0.4, 0.5) is 0 Å². The highest BCUT2D eigenvalue weighted by atomic mass is 16.5. The highest BCUT2D eigenvalue weighted by Crippen LogP contribution is 2.46. The molecule has 1 saturated heterocycles. The summed E-state index contributed by atoms with van der Waals surface area (Å²) in [5, 5.41) is 0.